The second-order valence-electron chi connectivity index (χ2n) is 4.63. The van der Waals surface area contributed by atoms with Gasteiger partial charge in [-0.15, -0.1) is 0 Å². The highest BCUT2D eigenvalue weighted by Gasteiger charge is 2.10. The average molecular weight is 318 g/mol. The van der Waals surface area contributed by atoms with E-state index in [0.717, 1.165) is 0 Å². The van der Waals surface area contributed by atoms with Crippen LogP contribution in [0.2, 0.25) is 5.02 Å². The van der Waals surface area contributed by atoms with Crippen LogP contribution in [0.15, 0.2) is 62.5 Å². The van der Waals surface area contributed by atoms with Gasteiger partial charge in [0.15, 0.2) is 0 Å². The summed E-state index contributed by atoms with van der Waals surface area (Å²) in [5, 5.41) is 0.678. The molecule has 0 spiro atoms. The summed E-state index contributed by atoms with van der Waals surface area (Å²) in [5.41, 5.74) is -0.218. The average Bonchev–Trinajstić information content (AvgIpc) is 2.52. The molecule has 0 bridgehead atoms. The molecule has 3 rings (SSSR count). The second kappa shape index (κ2) is 6.07. The number of nitrogens with zero attached hydrogens (tertiary/aromatic N) is 1. The zero-order valence-electron chi connectivity index (χ0n) is 11.5. The first-order chi connectivity index (χ1) is 10.6. The van der Waals surface area contributed by atoms with Gasteiger partial charge in [-0.1, -0.05) is 29.8 Å². The van der Waals surface area contributed by atoms with Crippen molar-refractivity contribution in [2.45, 2.75) is 6.54 Å². The smallest absolute Gasteiger partial charge is 0.422 e. The van der Waals surface area contributed by atoms with E-state index in [2.05, 4.69) is 0 Å². The Bertz CT molecular complexity index is 915. The van der Waals surface area contributed by atoms with Gasteiger partial charge in [0.2, 0.25) is 0 Å². The summed E-state index contributed by atoms with van der Waals surface area (Å²) in [5.74, 6) is -0.00299. The molecule has 0 atom stereocenters. The van der Waals surface area contributed by atoms with Crippen LogP contribution in [-0.4, -0.2) is 11.2 Å². The molecule has 0 unspecified atom stereocenters. The molecule has 0 saturated carbocycles. The fraction of sp³-hybridized carbons (Fsp3) is 0.125. The Balaban J connectivity index is 1.90. The molecule has 0 aliphatic heterocycles. The van der Waals surface area contributed by atoms with E-state index in [9.17, 15) is 9.59 Å². The topological polar surface area (TPSA) is 61.4 Å². The zero-order valence-corrected chi connectivity index (χ0v) is 12.2. The first kappa shape index (κ1) is 14.4. The largest absolute Gasteiger partial charge is 0.492 e. The minimum atomic E-state index is -0.712. The van der Waals surface area contributed by atoms with Crippen LogP contribution in [0.5, 0.6) is 5.75 Å². The Hall–Kier alpha value is -2.53. The Labute approximate surface area is 130 Å². The highest BCUT2D eigenvalue weighted by atomic mass is 35.5. The van der Waals surface area contributed by atoms with Gasteiger partial charge >= 0.3 is 11.4 Å². The number of para-hydroxylation sites is 1. The molecule has 0 saturated heterocycles. The van der Waals surface area contributed by atoms with Gasteiger partial charge in [0.05, 0.1) is 17.4 Å². The first-order valence-corrected chi connectivity index (χ1v) is 7.04. The van der Waals surface area contributed by atoms with Gasteiger partial charge in [-0.2, -0.15) is 0 Å². The van der Waals surface area contributed by atoms with E-state index in [0.29, 0.717) is 16.3 Å². The number of rotatable bonds is 4. The predicted octanol–water partition coefficient (Wildman–Crippen LogP) is 2.69. The van der Waals surface area contributed by atoms with Gasteiger partial charge in [-0.3, -0.25) is 4.57 Å². The maximum atomic E-state index is 11.9. The third-order valence-electron chi connectivity index (χ3n) is 3.20. The Kier molecular flexibility index (Phi) is 3.98. The molecule has 112 valence electrons. The van der Waals surface area contributed by atoms with Gasteiger partial charge in [-0.25, -0.2) is 9.59 Å². The summed E-state index contributed by atoms with van der Waals surface area (Å²) in [7, 11) is 0. The van der Waals surface area contributed by atoms with Crippen molar-refractivity contribution in [3.63, 3.8) is 0 Å². The number of hydrogen-bond acceptors (Lipinski definition) is 4. The molecule has 6 heteroatoms. The van der Waals surface area contributed by atoms with Crippen molar-refractivity contribution in [3.8, 4) is 5.75 Å². The first-order valence-electron chi connectivity index (χ1n) is 6.66. The summed E-state index contributed by atoms with van der Waals surface area (Å²) in [6.45, 7) is 0.533. The Morgan fingerprint density at radius 1 is 1.09 bits per heavy atom. The van der Waals surface area contributed by atoms with Gasteiger partial charge in [0, 0.05) is 5.02 Å². The van der Waals surface area contributed by atoms with E-state index >= 15 is 0 Å². The highest BCUT2D eigenvalue weighted by molar-refractivity contribution is 6.31. The van der Waals surface area contributed by atoms with Crippen LogP contribution in [0.4, 0.5) is 0 Å². The number of hydrogen-bond donors (Lipinski definition) is 0. The third kappa shape index (κ3) is 2.89. The number of aromatic nitrogens is 1. The fourth-order valence-corrected chi connectivity index (χ4v) is 2.35. The standard InChI is InChI=1S/C16H12ClNO4/c17-11-6-7-14-13(10-11)15(19)22-16(20)18(14)8-9-21-12-4-2-1-3-5-12/h1-7,10H,8-9H2. The Morgan fingerprint density at radius 3 is 2.64 bits per heavy atom. The SMILES string of the molecule is O=c1oc(=O)n(CCOc2ccccc2)c2ccc(Cl)cc12. The Morgan fingerprint density at radius 2 is 1.86 bits per heavy atom. The lowest BCUT2D eigenvalue weighted by Gasteiger charge is -2.10. The zero-order chi connectivity index (χ0) is 15.5. The molecule has 0 fully saturated rings. The summed E-state index contributed by atoms with van der Waals surface area (Å²) in [6.07, 6.45) is 0. The summed E-state index contributed by atoms with van der Waals surface area (Å²) in [4.78, 5) is 23.6. The second-order valence-corrected chi connectivity index (χ2v) is 5.07. The van der Waals surface area contributed by atoms with E-state index in [1.807, 2.05) is 30.3 Å². The van der Waals surface area contributed by atoms with Crippen molar-refractivity contribution in [1.29, 1.82) is 0 Å². The van der Waals surface area contributed by atoms with Crippen molar-refractivity contribution < 1.29 is 9.15 Å². The quantitative estimate of drug-likeness (QED) is 0.742. The van der Waals surface area contributed by atoms with Crippen LogP contribution in [0.25, 0.3) is 10.9 Å². The molecular weight excluding hydrogens is 306 g/mol. The molecule has 0 amide bonds. The lowest BCUT2D eigenvalue weighted by atomic mass is 10.2. The summed E-state index contributed by atoms with van der Waals surface area (Å²) in [6, 6.07) is 14.0. The van der Waals surface area contributed by atoms with Crippen LogP contribution in [0, 0.1) is 0 Å². The van der Waals surface area contributed by atoms with E-state index in [1.165, 1.54) is 10.6 Å². The molecule has 0 aliphatic rings. The molecule has 2 aromatic carbocycles. The highest BCUT2D eigenvalue weighted by Crippen LogP contribution is 2.15. The van der Waals surface area contributed by atoms with E-state index in [4.69, 9.17) is 20.8 Å². The van der Waals surface area contributed by atoms with E-state index < -0.39 is 11.4 Å². The van der Waals surface area contributed by atoms with Crippen LogP contribution in [0.3, 0.4) is 0 Å². The summed E-state index contributed by atoms with van der Waals surface area (Å²) < 4.78 is 11.6. The maximum absolute atomic E-state index is 11.9. The van der Waals surface area contributed by atoms with E-state index in [-0.39, 0.29) is 18.5 Å². The summed E-state index contributed by atoms with van der Waals surface area (Å²) >= 11 is 5.87. The van der Waals surface area contributed by atoms with Crippen LogP contribution >= 0.6 is 11.6 Å². The van der Waals surface area contributed by atoms with Crippen molar-refractivity contribution in [2.75, 3.05) is 6.61 Å². The number of ether oxygens (including phenoxy) is 1. The van der Waals surface area contributed by atoms with Gasteiger partial charge < -0.3 is 9.15 Å². The molecule has 5 nitrogen and oxygen atoms in total. The minimum absolute atomic E-state index is 0.260. The third-order valence-corrected chi connectivity index (χ3v) is 3.43. The van der Waals surface area contributed by atoms with Gasteiger partial charge in [0.1, 0.15) is 12.4 Å². The predicted molar refractivity (Wildman–Crippen MR) is 83.7 cm³/mol. The molecule has 0 aliphatic carbocycles. The molecular formula is C16H12ClNO4. The van der Waals surface area contributed by atoms with Crippen molar-refractivity contribution in [3.05, 3.63) is 74.5 Å². The fourth-order valence-electron chi connectivity index (χ4n) is 2.18. The van der Waals surface area contributed by atoms with Crippen molar-refractivity contribution >= 4 is 22.5 Å². The number of benzene rings is 2. The number of halogens is 1. The normalized spacial score (nSPS) is 10.8. The minimum Gasteiger partial charge on any atom is -0.492 e. The molecule has 3 aromatic rings. The van der Waals surface area contributed by atoms with Gasteiger partial charge in [-0.05, 0) is 30.3 Å². The molecule has 0 N–H and O–H groups in total. The van der Waals surface area contributed by atoms with Crippen LogP contribution in [0.1, 0.15) is 0 Å². The monoisotopic (exact) mass is 317 g/mol. The van der Waals surface area contributed by atoms with Crippen LogP contribution in [-0.2, 0) is 6.54 Å². The van der Waals surface area contributed by atoms with Crippen molar-refractivity contribution in [2.24, 2.45) is 0 Å². The molecule has 1 aromatic heterocycles. The van der Waals surface area contributed by atoms with Crippen LogP contribution < -0.4 is 16.1 Å². The molecule has 1 heterocycles. The number of fused-ring (bicyclic) bond motifs is 1. The van der Waals surface area contributed by atoms with E-state index in [1.54, 1.807) is 12.1 Å². The van der Waals surface area contributed by atoms with Gasteiger partial charge in [0.25, 0.3) is 0 Å². The maximum Gasteiger partial charge on any atom is 0.422 e. The lowest BCUT2D eigenvalue weighted by molar-refractivity contribution is 0.287. The molecule has 22 heavy (non-hydrogen) atoms. The molecule has 0 radical (unpaired) electrons. The lowest BCUT2D eigenvalue weighted by Crippen LogP contribution is -2.27. The van der Waals surface area contributed by atoms with Crippen molar-refractivity contribution in [1.82, 2.24) is 4.57 Å².